The molecule has 0 aromatic heterocycles. The number of hydrogen-bond acceptors (Lipinski definition) is 7. The molecular weight excluding hydrogens is 319 g/mol. The largest absolute Gasteiger partial charge is 0.593 e. The minimum Gasteiger partial charge on any atom is -0.593 e. The summed E-state index contributed by atoms with van der Waals surface area (Å²) in [4.78, 5) is 33.7. The third-order valence-electron chi connectivity index (χ3n) is 2.90. The van der Waals surface area contributed by atoms with E-state index in [2.05, 4.69) is 23.3 Å². The Morgan fingerprint density at radius 3 is 2.33 bits per heavy atom. The van der Waals surface area contributed by atoms with Crippen molar-refractivity contribution < 1.29 is 29.3 Å². The van der Waals surface area contributed by atoms with Gasteiger partial charge in [0.25, 0.3) is 5.85 Å². The van der Waals surface area contributed by atoms with E-state index in [4.69, 9.17) is 0 Å². The fraction of sp³-hybridized carbons (Fsp3) is 0.818. The Balaban J connectivity index is 4.33. The number of amides is 2. The van der Waals surface area contributed by atoms with E-state index in [0.29, 0.717) is 12.3 Å². The van der Waals surface area contributed by atoms with Crippen LogP contribution in [0.15, 0.2) is 0 Å². The van der Waals surface area contributed by atoms with E-state index in [0.717, 1.165) is 0 Å². The third-order valence-corrected chi connectivity index (χ3v) is 4.19. The van der Waals surface area contributed by atoms with Crippen molar-refractivity contribution in [3.8, 4) is 0 Å². The summed E-state index contributed by atoms with van der Waals surface area (Å²) >= 11 is 3.92. The van der Waals surface area contributed by atoms with Crippen LogP contribution in [0.4, 0.5) is 0 Å². The van der Waals surface area contributed by atoms with Gasteiger partial charge < -0.3 is 25.7 Å². The molecule has 122 valence electrons. The molecular formula is C11H21N2O6PS. The van der Waals surface area contributed by atoms with Gasteiger partial charge in [-0.05, 0) is 0 Å². The Labute approximate surface area is 129 Å². The highest BCUT2D eigenvalue weighted by atomic mass is 32.1. The molecule has 8 nitrogen and oxygen atoms in total. The molecule has 0 aromatic carbocycles. The van der Waals surface area contributed by atoms with Crippen LogP contribution in [0.25, 0.3) is 0 Å². The maximum atomic E-state index is 11.7. The van der Waals surface area contributed by atoms with E-state index in [1.807, 2.05) is 0 Å². The van der Waals surface area contributed by atoms with E-state index in [1.165, 1.54) is 13.8 Å². The number of aliphatic hydroxyl groups is 2. The van der Waals surface area contributed by atoms with Crippen LogP contribution in [0.1, 0.15) is 20.3 Å². The van der Waals surface area contributed by atoms with Crippen LogP contribution < -0.4 is 15.5 Å². The average Bonchev–Trinajstić information content (AvgIpc) is 2.42. The normalized spacial score (nSPS) is 15.0. The second-order valence-corrected chi connectivity index (χ2v) is 6.50. The van der Waals surface area contributed by atoms with Crippen molar-refractivity contribution in [3.05, 3.63) is 0 Å². The predicted octanol–water partition coefficient (Wildman–Crippen LogP) is -1.65. The van der Waals surface area contributed by atoms with Crippen LogP contribution in [0.3, 0.4) is 0 Å². The molecule has 0 aromatic rings. The molecule has 2 unspecified atom stereocenters. The van der Waals surface area contributed by atoms with Gasteiger partial charge in [0.05, 0.1) is 5.41 Å². The summed E-state index contributed by atoms with van der Waals surface area (Å²) in [5, 5.41) is 24.2. The van der Waals surface area contributed by atoms with Gasteiger partial charge in [-0.25, -0.2) is 0 Å². The lowest BCUT2D eigenvalue weighted by Crippen LogP contribution is -2.49. The van der Waals surface area contributed by atoms with Gasteiger partial charge in [-0.1, -0.05) is 18.4 Å². The molecule has 21 heavy (non-hydrogen) atoms. The molecule has 3 atom stereocenters. The molecule has 0 saturated carbocycles. The van der Waals surface area contributed by atoms with Crippen molar-refractivity contribution in [2.24, 2.45) is 5.41 Å². The smallest absolute Gasteiger partial charge is 0.341 e. The van der Waals surface area contributed by atoms with Gasteiger partial charge in [0.15, 0.2) is 0 Å². The van der Waals surface area contributed by atoms with E-state index in [-0.39, 0.29) is 18.9 Å². The highest BCUT2D eigenvalue weighted by Gasteiger charge is 2.46. The Morgan fingerprint density at radius 1 is 1.29 bits per heavy atom. The van der Waals surface area contributed by atoms with Crippen LogP contribution >= 0.6 is 20.7 Å². The second-order valence-electron chi connectivity index (χ2n) is 5.00. The van der Waals surface area contributed by atoms with E-state index >= 15 is 0 Å². The highest BCUT2D eigenvalue weighted by molar-refractivity contribution is 7.80. The molecule has 0 rings (SSSR count). The minimum absolute atomic E-state index is 0.00994. The number of thiol groups is 1. The zero-order chi connectivity index (χ0) is 16.6. The first-order chi connectivity index (χ1) is 9.64. The summed E-state index contributed by atoms with van der Waals surface area (Å²) in [5.41, 5.74) is -1.56. The number of hydrogen-bond donors (Lipinski definition) is 5. The summed E-state index contributed by atoms with van der Waals surface area (Å²) in [6, 6.07) is 0. The standard InChI is InChI=1S/C11H21N2O6PS/c1-11(2,10(17)20(18)19)8(15)9(16)13-4-3-7(14)12-5-6-21/h8,10,15,17,21H,3-6H2,1-2H3,(H,12,14)(H,13,16)/t8-,10?/m0/s1. The summed E-state index contributed by atoms with van der Waals surface area (Å²) < 4.78 is 10.8. The molecule has 0 aliphatic heterocycles. The molecule has 0 saturated heterocycles. The molecule has 0 aliphatic carbocycles. The first-order valence-electron chi connectivity index (χ1n) is 6.29. The van der Waals surface area contributed by atoms with E-state index in [9.17, 15) is 29.3 Å². The molecule has 0 aliphatic rings. The van der Waals surface area contributed by atoms with E-state index < -0.39 is 31.3 Å². The minimum atomic E-state index is -3.19. The van der Waals surface area contributed by atoms with Crippen LogP contribution in [-0.4, -0.2) is 52.8 Å². The second kappa shape index (κ2) is 9.32. The molecule has 0 heterocycles. The Kier molecular flexibility index (Phi) is 9.00. The Hall–Kier alpha value is -0.730. The molecule has 0 spiro atoms. The highest BCUT2D eigenvalue weighted by Crippen LogP contribution is 2.36. The number of aliphatic hydroxyl groups excluding tert-OH is 2. The topological polar surface area (TPSA) is 139 Å². The molecule has 0 bridgehead atoms. The van der Waals surface area contributed by atoms with Crippen LogP contribution in [0, 0.1) is 5.41 Å². The summed E-state index contributed by atoms with van der Waals surface area (Å²) in [7, 11) is -3.19. The first-order valence-corrected chi connectivity index (χ1v) is 8.17. The zero-order valence-corrected chi connectivity index (χ0v) is 13.7. The zero-order valence-electron chi connectivity index (χ0n) is 11.9. The molecule has 4 N–H and O–H groups in total. The van der Waals surface area contributed by atoms with Gasteiger partial charge in [0.2, 0.25) is 11.8 Å². The van der Waals surface area contributed by atoms with Crippen LogP contribution in [-0.2, 0) is 14.2 Å². The van der Waals surface area contributed by atoms with Crippen molar-refractivity contribution >= 4 is 32.5 Å². The van der Waals surface area contributed by atoms with Gasteiger partial charge in [-0.3, -0.25) is 9.59 Å². The number of carbonyl (C=O) groups is 2. The fourth-order valence-corrected chi connectivity index (χ4v) is 2.23. The maximum absolute atomic E-state index is 11.7. The van der Waals surface area contributed by atoms with Crippen LogP contribution in [0.5, 0.6) is 0 Å². The monoisotopic (exact) mass is 340 g/mol. The lowest BCUT2D eigenvalue weighted by Gasteiger charge is -2.29. The van der Waals surface area contributed by atoms with E-state index in [1.54, 1.807) is 0 Å². The molecule has 0 radical (unpaired) electrons. The van der Waals surface area contributed by atoms with Crippen LogP contribution in [0.2, 0.25) is 0 Å². The molecule has 10 heteroatoms. The molecule has 0 fully saturated rings. The number of nitrogens with one attached hydrogen (secondary N) is 2. The number of carbonyl (C=O) groups excluding carboxylic acids is 2. The van der Waals surface area contributed by atoms with Gasteiger partial charge in [-0.15, -0.1) is 0 Å². The van der Waals surface area contributed by atoms with Crippen molar-refractivity contribution in [2.45, 2.75) is 32.2 Å². The lowest BCUT2D eigenvalue weighted by molar-refractivity contribution is -0.179. The lowest BCUT2D eigenvalue weighted by atomic mass is 9.86. The summed E-state index contributed by atoms with van der Waals surface area (Å²) in [6.45, 7) is 2.91. The van der Waals surface area contributed by atoms with Gasteiger partial charge in [0, 0.05) is 25.3 Å². The van der Waals surface area contributed by atoms with Crippen molar-refractivity contribution in [2.75, 3.05) is 18.8 Å². The van der Waals surface area contributed by atoms with Gasteiger partial charge in [0.1, 0.15) is 6.10 Å². The van der Waals surface area contributed by atoms with Crippen molar-refractivity contribution in [1.29, 1.82) is 0 Å². The number of rotatable bonds is 9. The van der Waals surface area contributed by atoms with Crippen molar-refractivity contribution in [3.63, 3.8) is 0 Å². The Morgan fingerprint density at radius 2 is 1.86 bits per heavy atom. The average molecular weight is 340 g/mol. The summed E-state index contributed by atoms with van der Waals surface area (Å²) in [5.74, 6) is -2.48. The quantitative estimate of drug-likeness (QED) is 0.252. The van der Waals surface area contributed by atoms with Crippen molar-refractivity contribution in [1.82, 2.24) is 10.6 Å². The third kappa shape index (κ3) is 6.71. The summed E-state index contributed by atoms with van der Waals surface area (Å²) in [6.07, 6.45) is -1.70. The maximum Gasteiger partial charge on any atom is 0.341 e. The molecule has 2 amide bonds. The SMILES string of the molecule is CC(C)(C(O)[P+](=O)[O-])[C@@H](O)C(=O)NCCC(=O)NCCS. The Bertz CT molecular complexity index is 393. The van der Waals surface area contributed by atoms with Gasteiger partial charge in [-0.2, -0.15) is 12.6 Å². The predicted molar refractivity (Wildman–Crippen MR) is 77.9 cm³/mol. The fourth-order valence-electron chi connectivity index (χ4n) is 1.43. The van der Waals surface area contributed by atoms with Gasteiger partial charge >= 0.3 is 8.03 Å². The first kappa shape index (κ1) is 20.3.